The summed E-state index contributed by atoms with van der Waals surface area (Å²) < 4.78 is 32.6. The zero-order valence-electron chi connectivity index (χ0n) is 27.0. The van der Waals surface area contributed by atoms with Gasteiger partial charge in [-0.05, 0) is 89.7 Å². The molecule has 4 aliphatic carbocycles. The molecule has 274 valence electrons. The van der Waals surface area contributed by atoms with E-state index in [1.165, 1.54) is 0 Å². The van der Waals surface area contributed by atoms with Gasteiger partial charge in [0.15, 0.2) is 30.8 Å². The Kier molecular flexibility index (Phi) is 12.8. The maximum absolute atomic E-state index is 13.0. The van der Waals surface area contributed by atoms with Crippen molar-refractivity contribution in [2.45, 2.75) is 115 Å². The van der Waals surface area contributed by atoms with Crippen LogP contribution in [0.15, 0.2) is 12.2 Å². The number of carboxylic acids is 1. The van der Waals surface area contributed by atoms with Gasteiger partial charge in [-0.2, -0.15) is 4.89 Å². The number of esters is 1. The first-order chi connectivity index (χ1) is 22.9. The smallest absolute Gasteiger partial charge is 0.306 e. The summed E-state index contributed by atoms with van der Waals surface area (Å²) in [6, 6.07) is 0. The first kappa shape index (κ1) is 38.1. The molecule has 8 unspecified atom stereocenters. The maximum atomic E-state index is 13.0. The zero-order chi connectivity index (χ0) is 34.8. The van der Waals surface area contributed by atoms with Gasteiger partial charge in [-0.15, -0.1) is 8.67 Å². The van der Waals surface area contributed by atoms with Crippen molar-refractivity contribution < 1.29 is 77.2 Å². The number of carbonyl (C=O) groups excluding carboxylic acids is 1. The van der Waals surface area contributed by atoms with E-state index in [0.717, 1.165) is 31.3 Å². The Morgan fingerprint density at radius 1 is 1.15 bits per heavy atom. The standard InChI is InChI=1S/C30H46O16S2/c1-14(2)9-22(32)39-25-24(41-48-46-42-36)23(40-43-44-45-47)20(13-31)38-28(25)37-17-10-18(27(34)35)19-7-8-30-11-16(15(3)26(30)33)5-6-21(30)29(19,4)12-17/h14,16-21,23-26,28,31,33,36,47H,3,5-13H2,1-2,4H3,(H,34,35)/t16?,17?,18?,19?,20-,21?,23+,24-,25?,26-,28+,29?,30?/m0/s1. The molecule has 1 spiro atoms. The molecule has 1 aliphatic heterocycles. The van der Waals surface area contributed by atoms with Gasteiger partial charge in [0.2, 0.25) is 0 Å². The zero-order valence-corrected chi connectivity index (χ0v) is 28.8. The van der Waals surface area contributed by atoms with Crippen LogP contribution in [-0.4, -0.2) is 82.0 Å². The number of carbonyl (C=O) groups is 2. The molecule has 5 aliphatic rings. The van der Waals surface area contributed by atoms with Gasteiger partial charge in [0.25, 0.3) is 0 Å². The highest BCUT2D eigenvalue weighted by Gasteiger charge is 2.67. The molecule has 5 fully saturated rings. The number of hydrogen-bond acceptors (Lipinski definition) is 17. The Balaban J connectivity index is 1.46. The monoisotopic (exact) mass is 726 g/mol. The van der Waals surface area contributed by atoms with Crippen molar-refractivity contribution >= 4 is 37.2 Å². The molecular weight excluding hydrogens is 680 g/mol. The largest absolute Gasteiger partial charge is 0.481 e. The molecular formula is C30H46O16S2. The summed E-state index contributed by atoms with van der Waals surface area (Å²) in [6.07, 6.45) is -3.56. The number of aliphatic carboxylic acids is 1. The molecule has 0 amide bonds. The van der Waals surface area contributed by atoms with Crippen LogP contribution in [0.5, 0.6) is 0 Å². The highest BCUT2D eigenvalue weighted by atomic mass is 32.2. The molecule has 18 heteroatoms. The molecule has 0 aromatic rings. The van der Waals surface area contributed by atoms with Crippen LogP contribution in [0, 0.1) is 40.4 Å². The Hall–Kier alpha value is -1.10. The van der Waals surface area contributed by atoms with Gasteiger partial charge in [-0.1, -0.05) is 32.4 Å². The van der Waals surface area contributed by atoms with Crippen molar-refractivity contribution in [1.82, 2.24) is 0 Å². The molecule has 0 radical (unpaired) electrons. The fourth-order valence-electron chi connectivity index (χ4n) is 9.69. The first-order valence-electron chi connectivity index (χ1n) is 16.2. The minimum absolute atomic E-state index is 0.0179. The molecule has 0 aromatic heterocycles. The number of rotatable bonds is 15. The van der Waals surface area contributed by atoms with Crippen LogP contribution >= 0.6 is 25.2 Å². The van der Waals surface area contributed by atoms with Crippen molar-refractivity contribution in [2.75, 3.05) is 6.61 Å². The molecule has 0 aromatic carbocycles. The lowest BCUT2D eigenvalue weighted by molar-refractivity contribution is -0.620. The number of aliphatic hydroxyl groups excluding tert-OH is 2. The minimum atomic E-state index is -1.40. The quantitative estimate of drug-likeness (QED) is 0.0238. The van der Waals surface area contributed by atoms with E-state index in [9.17, 15) is 24.9 Å². The van der Waals surface area contributed by atoms with Crippen LogP contribution in [-0.2, 0) is 56.7 Å². The summed E-state index contributed by atoms with van der Waals surface area (Å²) in [4.78, 5) is 31.1. The predicted molar refractivity (Wildman–Crippen MR) is 164 cm³/mol. The van der Waals surface area contributed by atoms with Crippen molar-refractivity contribution in [3.8, 4) is 0 Å². The summed E-state index contributed by atoms with van der Waals surface area (Å²) in [7, 11) is 0. The van der Waals surface area contributed by atoms with Gasteiger partial charge in [-0.3, -0.25) is 13.8 Å². The van der Waals surface area contributed by atoms with E-state index in [-0.39, 0.29) is 54.3 Å². The van der Waals surface area contributed by atoms with Crippen LogP contribution in [0.4, 0.5) is 0 Å². The van der Waals surface area contributed by atoms with Gasteiger partial charge in [-0.25, -0.2) is 5.26 Å². The average Bonchev–Trinajstić information content (AvgIpc) is 3.21. The normalized spacial score (nSPS) is 42.3. The lowest BCUT2D eigenvalue weighted by Gasteiger charge is -2.62. The molecule has 48 heavy (non-hydrogen) atoms. The topological polar surface area (TPSA) is 207 Å². The molecule has 4 saturated carbocycles. The number of thiol groups is 1. The van der Waals surface area contributed by atoms with Crippen molar-refractivity contribution in [2.24, 2.45) is 40.4 Å². The fourth-order valence-corrected chi connectivity index (χ4v) is 10.1. The minimum Gasteiger partial charge on any atom is -0.481 e. The van der Waals surface area contributed by atoms with Gasteiger partial charge in [0, 0.05) is 24.7 Å². The van der Waals surface area contributed by atoms with E-state index in [1.54, 1.807) is 0 Å². The van der Waals surface area contributed by atoms with E-state index in [4.69, 9.17) is 28.5 Å². The third kappa shape index (κ3) is 7.43. The van der Waals surface area contributed by atoms with E-state index in [1.807, 2.05) is 13.8 Å². The van der Waals surface area contributed by atoms with Gasteiger partial charge in [0.05, 0.1) is 24.7 Å². The third-order valence-corrected chi connectivity index (χ3v) is 11.9. The number of carboxylic acid groups (broad SMARTS) is 1. The average molecular weight is 727 g/mol. The summed E-state index contributed by atoms with van der Waals surface area (Å²) in [5.41, 5.74) is -0.0126. The summed E-state index contributed by atoms with van der Waals surface area (Å²) in [5, 5.41) is 53.3. The van der Waals surface area contributed by atoms with Gasteiger partial charge < -0.3 is 29.5 Å². The van der Waals surface area contributed by atoms with Gasteiger partial charge >= 0.3 is 11.9 Å². The molecule has 13 atom stereocenters. The van der Waals surface area contributed by atoms with E-state index >= 15 is 0 Å². The van der Waals surface area contributed by atoms with Crippen molar-refractivity contribution in [3.63, 3.8) is 0 Å². The highest BCUT2D eigenvalue weighted by Crippen LogP contribution is 2.70. The second kappa shape index (κ2) is 16.1. The lowest BCUT2D eigenvalue weighted by atomic mass is 9.43. The molecule has 16 nitrogen and oxygen atoms in total. The Morgan fingerprint density at radius 2 is 1.92 bits per heavy atom. The number of fused-ring (bicyclic) bond motifs is 3. The Labute approximate surface area is 288 Å². The van der Waals surface area contributed by atoms with E-state index < -0.39 is 72.8 Å². The van der Waals surface area contributed by atoms with Crippen molar-refractivity contribution in [3.05, 3.63) is 12.2 Å². The van der Waals surface area contributed by atoms with Crippen LogP contribution in [0.25, 0.3) is 0 Å². The van der Waals surface area contributed by atoms with Crippen molar-refractivity contribution in [1.29, 1.82) is 0 Å². The molecule has 4 N–H and O–H groups in total. The second-order valence-electron chi connectivity index (χ2n) is 14.4. The SMILES string of the molecule is C=C1C2CCC3C4(C)CC(O[C@@H]5O[C@@H](CO)[C@@H](OOOOS)[C@H](OSOOO)C5OC(=O)CC(C)C)CC(C(=O)O)C4CCC3(C2)[C@H]1O. The maximum Gasteiger partial charge on any atom is 0.306 e. The molecule has 1 saturated heterocycles. The summed E-state index contributed by atoms with van der Waals surface area (Å²) in [5.74, 6) is -2.25. The molecule has 2 bridgehead atoms. The summed E-state index contributed by atoms with van der Waals surface area (Å²) in [6.45, 7) is 9.32. The summed E-state index contributed by atoms with van der Waals surface area (Å²) >= 11 is 3.55. The third-order valence-electron chi connectivity index (χ3n) is 11.5. The van der Waals surface area contributed by atoms with Crippen LogP contribution in [0.3, 0.4) is 0 Å². The van der Waals surface area contributed by atoms with Crippen LogP contribution in [0.2, 0.25) is 0 Å². The number of aliphatic hydroxyl groups is 2. The van der Waals surface area contributed by atoms with Gasteiger partial charge in [0.1, 0.15) is 12.2 Å². The first-order valence-corrected chi connectivity index (χ1v) is 17.2. The number of ether oxygens (including phenoxy) is 3. The second-order valence-corrected chi connectivity index (χ2v) is 15.0. The van der Waals surface area contributed by atoms with E-state index in [2.05, 4.69) is 50.2 Å². The highest BCUT2D eigenvalue weighted by molar-refractivity contribution is 7.89. The lowest BCUT2D eigenvalue weighted by Crippen LogP contribution is -2.63. The predicted octanol–water partition coefficient (Wildman–Crippen LogP) is 3.69. The Morgan fingerprint density at radius 3 is 2.58 bits per heavy atom. The van der Waals surface area contributed by atoms with Crippen LogP contribution < -0.4 is 0 Å². The van der Waals surface area contributed by atoms with E-state index in [0.29, 0.717) is 12.8 Å². The van der Waals surface area contributed by atoms with Crippen LogP contribution in [0.1, 0.15) is 72.1 Å². The fraction of sp³-hybridized carbons (Fsp3) is 0.867. The Bertz CT molecular complexity index is 1150. The number of hydrogen-bond donors (Lipinski definition) is 5. The molecule has 1 heterocycles. The molecule has 5 rings (SSSR count).